The van der Waals surface area contributed by atoms with Gasteiger partial charge < -0.3 is 4.18 Å². The van der Waals surface area contributed by atoms with Crippen LogP contribution < -0.4 is 4.18 Å². The lowest BCUT2D eigenvalue weighted by molar-refractivity contribution is -0.384. The van der Waals surface area contributed by atoms with Crippen LogP contribution in [0.1, 0.15) is 0 Å². The predicted molar refractivity (Wildman–Crippen MR) is 67.3 cm³/mol. The maximum absolute atomic E-state index is 13.0. The van der Waals surface area contributed by atoms with Crippen molar-refractivity contribution in [2.45, 2.75) is 4.90 Å². The molecule has 0 N–H and O–H groups in total. The van der Waals surface area contributed by atoms with Crippen molar-refractivity contribution in [2.24, 2.45) is 0 Å². The van der Waals surface area contributed by atoms with Crippen molar-refractivity contribution >= 4 is 15.8 Å². The molecule has 0 bridgehead atoms. The highest BCUT2D eigenvalue weighted by Gasteiger charge is 2.19. The first-order chi connectivity index (χ1) is 9.79. The van der Waals surface area contributed by atoms with Crippen LogP contribution in [0.5, 0.6) is 5.75 Å². The normalized spacial score (nSPS) is 11.1. The molecule has 110 valence electrons. The molecule has 6 nitrogen and oxygen atoms in total. The highest BCUT2D eigenvalue weighted by molar-refractivity contribution is 7.87. The standard InChI is InChI=1S/C12H7F2NO5S/c13-11-6-3-9(7-12(11)14)20-21(18,19)10-4-1-8(2-5-10)15(16)17/h1-7H. The number of nitro groups is 1. The van der Waals surface area contributed by atoms with Gasteiger partial charge >= 0.3 is 10.1 Å². The summed E-state index contributed by atoms with van der Waals surface area (Å²) >= 11 is 0. The molecule has 21 heavy (non-hydrogen) atoms. The molecule has 2 rings (SSSR count). The summed E-state index contributed by atoms with van der Waals surface area (Å²) in [6.45, 7) is 0. The Morgan fingerprint density at radius 1 is 1.00 bits per heavy atom. The van der Waals surface area contributed by atoms with Crippen LogP contribution in [0.25, 0.3) is 0 Å². The van der Waals surface area contributed by atoms with Crippen LogP contribution in [0.4, 0.5) is 14.5 Å². The summed E-state index contributed by atoms with van der Waals surface area (Å²) in [4.78, 5) is 9.43. The van der Waals surface area contributed by atoms with Crippen LogP contribution >= 0.6 is 0 Å². The van der Waals surface area contributed by atoms with Gasteiger partial charge in [-0.2, -0.15) is 8.42 Å². The average Bonchev–Trinajstić information content (AvgIpc) is 2.43. The minimum Gasteiger partial charge on any atom is -0.379 e. The summed E-state index contributed by atoms with van der Waals surface area (Å²) in [6.07, 6.45) is 0. The number of rotatable bonds is 4. The predicted octanol–water partition coefficient (Wildman–Crippen LogP) is 2.64. The highest BCUT2D eigenvalue weighted by atomic mass is 32.2. The Morgan fingerprint density at radius 2 is 1.62 bits per heavy atom. The van der Waals surface area contributed by atoms with Crippen molar-refractivity contribution in [1.29, 1.82) is 0 Å². The van der Waals surface area contributed by atoms with E-state index in [0.29, 0.717) is 6.07 Å². The van der Waals surface area contributed by atoms with Crippen LogP contribution in [-0.2, 0) is 10.1 Å². The maximum atomic E-state index is 13.0. The fourth-order valence-corrected chi connectivity index (χ4v) is 2.36. The summed E-state index contributed by atoms with van der Waals surface area (Å²) in [6, 6.07) is 6.18. The molecule has 0 spiro atoms. The Kier molecular flexibility index (Phi) is 3.85. The lowest BCUT2D eigenvalue weighted by atomic mass is 10.3. The van der Waals surface area contributed by atoms with E-state index in [4.69, 9.17) is 0 Å². The number of nitro benzene ring substituents is 1. The molecule has 0 fully saturated rings. The number of nitrogens with zero attached hydrogens (tertiary/aromatic N) is 1. The zero-order valence-corrected chi connectivity index (χ0v) is 11.0. The molecule has 9 heteroatoms. The molecule has 0 amide bonds. The van der Waals surface area contributed by atoms with Crippen molar-refractivity contribution in [3.63, 3.8) is 0 Å². The van der Waals surface area contributed by atoms with Gasteiger partial charge in [0, 0.05) is 18.2 Å². The fraction of sp³-hybridized carbons (Fsp3) is 0. The van der Waals surface area contributed by atoms with Crippen molar-refractivity contribution < 1.29 is 26.3 Å². The van der Waals surface area contributed by atoms with Crippen LogP contribution in [0.3, 0.4) is 0 Å². The van der Waals surface area contributed by atoms with E-state index in [1.807, 2.05) is 0 Å². The first-order valence-electron chi connectivity index (χ1n) is 5.43. The SMILES string of the molecule is O=[N+]([O-])c1ccc(S(=O)(=O)Oc2ccc(F)c(F)c2)cc1. The monoisotopic (exact) mass is 315 g/mol. The van der Waals surface area contributed by atoms with Gasteiger partial charge in [0.05, 0.1) is 4.92 Å². The van der Waals surface area contributed by atoms with Crippen LogP contribution in [0, 0.1) is 21.7 Å². The van der Waals surface area contributed by atoms with E-state index in [1.54, 1.807) is 0 Å². The van der Waals surface area contributed by atoms with Crippen LogP contribution in [0.15, 0.2) is 47.4 Å². The quantitative estimate of drug-likeness (QED) is 0.492. The first kappa shape index (κ1) is 14.9. The molecule has 0 radical (unpaired) electrons. The van der Waals surface area contributed by atoms with Crippen molar-refractivity contribution in [3.8, 4) is 5.75 Å². The van der Waals surface area contributed by atoms with E-state index in [-0.39, 0.29) is 10.6 Å². The lowest BCUT2D eigenvalue weighted by Crippen LogP contribution is -2.10. The third kappa shape index (κ3) is 3.31. The van der Waals surface area contributed by atoms with E-state index in [1.165, 1.54) is 0 Å². The van der Waals surface area contributed by atoms with Gasteiger partial charge in [0.1, 0.15) is 10.6 Å². The number of non-ortho nitro benzene ring substituents is 1. The molecule has 0 unspecified atom stereocenters. The summed E-state index contributed by atoms with van der Waals surface area (Å²) in [7, 11) is -4.30. The van der Waals surface area contributed by atoms with Gasteiger partial charge in [0.15, 0.2) is 11.6 Å². The number of halogens is 2. The molecule has 0 aliphatic rings. The average molecular weight is 315 g/mol. The Balaban J connectivity index is 2.29. The first-order valence-corrected chi connectivity index (χ1v) is 6.84. The molecule has 0 aliphatic heterocycles. The Bertz CT molecular complexity index is 790. The van der Waals surface area contributed by atoms with Crippen molar-refractivity contribution in [1.82, 2.24) is 0 Å². The zero-order chi connectivity index (χ0) is 15.6. The second-order valence-electron chi connectivity index (χ2n) is 3.86. The van der Waals surface area contributed by atoms with Gasteiger partial charge in [-0.05, 0) is 24.3 Å². The second-order valence-corrected chi connectivity index (χ2v) is 5.41. The topological polar surface area (TPSA) is 86.5 Å². The van der Waals surface area contributed by atoms with Gasteiger partial charge in [-0.15, -0.1) is 0 Å². The second kappa shape index (κ2) is 5.44. The van der Waals surface area contributed by atoms with Gasteiger partial charge in [-0.1, -0.05) is 0 Å². The van der Waals surface area contributed by atoms with Crippen molar-refractivity contribution in [3.05, 3.63) is 64.2 Å². The summed E-state index contributed by atoms with van der Waals surface area (Å²) in [5.41, 5.74) is -0.290. The summed E-state index contributed by atoms with van der Waals surface area (Å²) in [5.74, 6) is -2.81. The molecule has 0 heterocycles. The van der Waals surface area contributed by atoms with Crippen LogP contribution in [0.2, 0.25) is 0 Å². The van der Waals surface area contributed by atoms with E-state index >= 15 is 0 Å². The van der Waals surface area contributed by atoms with Gasteiger partial charge in [-0.3, -0.25) is 10.1 Å². The Hall–Kier alpha value is -2.55. The molecule has 0 aliphatic carbocycles. The molecule has 2 aromatic carbocycles. The fourth-order valence-electron chi connectivity index (χ4n) is 1.44. The van der Waals surface area contributed by atoms with E-state index in [0.717, 1.165) is 36.4 Å². The minimum atomic E-state index is -4.30. The Labute approximate surface area is 117 Å². The smallest absolute Gasteiger partial charge is 0.339 e. The molecular formula is C12H7F2NO5S. The van der Waals surface area contributed by atoms with E-state index in [2.05, 4.69) is 4.18 Å². The van der Waals surface area contributed by atoms with Crippen molar-refractivity contribution in [2.75, 3.05) is 0 Å². The van der Waals surface area contributed by atoms with Gasteiger partial charge in [0.2, 0.25) is 0 Å². The largest absolute Gasteiger partial charge is 0.379 e. The molecule has 0 saturated carbocycles. The summed E-state index contributed by atoms with van der Waals surface area (Å²) < 4.78 is 54.1. The molecular weight excluding hydrogens is 308 g/mol. The molecule has 0 atom stereocenters. The third-order valence-corrected chi connectivity index (χ3v) is 3.69. The summed E-state index contributed by atoms with van der Waals surface area (Å²) in [5, 5.41) is 10.5. The zero-order valence-electron chi connectivity index (χ0n) is 10.2. The number of hydrogen-bond acceptors (Lipinski definition) is 5. The minimum absolute atomic E-state index is 0.290. The van der Waals surface area contributed by atoms with Crippen LogP contribution in [-0.4, -0.2) is 13.3 Å². The maximum Gasteiger partial charge on any atom is 0.339 e. The van der Waals surface area contributed by atoms with Gasteiger partial charge in [0.25, 0.3) is 5.69 Å². The number of benzene rings is 2. The molecule has 0 aromatic heterocycles. The van der Waals surface area contributed by atoms with E-state index in [9.17, 15) is 27.3 Å². The Morgan fingerprint density at radius 3 is 2.14 bits per heavy atom. The van der Waals surface area contributed by atoms with E-state index < -0.39 is 32.4 Å². The number of hydrogen-bond donors (Lipinski definition) is 0. The molecule has 0 saturated heterocycles. The molecule has 2 aromatic rings. The van der Waals surface area contributed by atoms with Gasteiger partial charge in [-0.25, -0.2) is 8.78 Å². The lowest BCUT2D eigenvalue weighted by Gasteiger charge is -2.07. The highest BCUT2D eigenvalue weighted by Crippen LogP contribution is 2.22. The third-order valence-electron chi connectivity index (χ3n) is 2.43.